The summed E-state index contributed by atoms with van der Waals surface area (Å²) in [7, 11) is 0. The van der Waals surface area contributed by atoms with Crippen LogP contribution in [-0.2, 0) is 0 Å². The van der Waals surface area contributed by atoms with Crippen LogP contribution in [0.5, 0.6) is 0 Å². The predicted molar refractivity (Wildman–Crippen MR) is 110 cm³/mol. The third kappa shape index (κ3) is 3.48. The Kier molecular flexibility index (Phi) is 4.46. The van der Waals surface area contributed by atoms with E-state index in [-0.39, 0.29) is 0 Å². The van der Waals surface area contributed by atoms with Crippen LogP contribution in [-0.4, -0.2) is 4.98 Å². The number of nitrogens with two attached hydrogens (primary N) is 1. The second-order valence-electron chi connectivity index (χ2n) is 5.87. The van der Waals surface area contributed by atoms with E-state index < -0.39 is 0 Å². The van der Waals surface area contributed by atoms with E-state index in [4.69, 9.17) is 5.73 Å². The van der Waals surface area contributed by atoms with Gasteiger partial charge in [0, 0.05) is 21.6 Å². The molecule has 0 spiro atoms. The summed E-state index contributed by atoms with van der Waals surface area (Å²) in [5.41, 5.74) is 11.1. The lowest BCUT2D eigenvalue weighted by atomic mass is 10.1. The summed E-state index contributed by atoms with van der Waals surface area (Å²) < 4.78 is 0.919. The van der Waals surface area contributed by atoms with Gasteiger partial charge in [0.25, 0.3) is 0 Å². The van der Waals surface area contributed by atoms with Gasteiger partial charge in [0.15, 0.2) is 0 Å². The van der Waals surface area contributed by atoms with Crippen LogP contribution in [0, 0.1) is 0 Å². The zero-order valence-corrected chi connectivity index (χ0v) is 15.4. The summed E-state index contributed by atoms with van der Waals surface area (Å²) in [5, 5.41) is 9.62. The van der Waals surface area contributed by atoms with Crippen LogP contribution >= 0.6 is 15.9 Å². The quantitative estimate of drug-likeness (QED) is 0.307. The van der Waals surface area contributed by atoms with Crippen molar-refractivity contribution in [2.45, 2.75) is 0 Å². The van der Waals surface area contributed by atoms with Gasteiger partial charge >= 0.3 is 0 Å². The number of aromatic nitrogens is 1. The number of hydrogen-bond donors (Lipinski definition) is 1. The molecule has 2 N–H and O–H groups in total. The maximum Gasteiger partial charge on any atom is 0.109 e. The minimum absolute atomic E-state index is 0.585. The van der Waals surface area contributed by atoms with Crippen molar-refractivity contribution in [3.05, 3.63) is 83.5 Å². The maximum absolute atomic E-state index is 5.94. The normalized spacial score (nSPS) is 11.3. The third-order valence-electron chi connectivity index (χ3n) is 4.05. The zero-order chi connectivity index (χ0) is 17.9. The molecule has 1 aromatic heterocycles. The molecule has 3 aromatic carbocycles. The Labute approximate surface area is 159 Å². The zero-order valence-electron chi connectivity index (χ0n) is 13.8. The second kappa shape index (κ2) is 7.06. The average Bonchev–Trinajstić information content (AvgIpc) is 2.67. The maximum atomic E-state index is 5.94. The Bertz CT molecular complexity index is 1100. The van der Waals surface area contributed by atoms with Crippen molar-refractivity contribution in [2.24, 2.45) is 10.2 Å². The highest BCUT2D eigenvalue weighted by Gasteiger charge is 2.02. The molecule has 0 bridgehead atoms. The van der Waals surface area contributed by atoms with Gasteiger partial charge in [0.1, 0.15) is 5.69 Å². The van der Waals surface area contributed by atoms with Crippen LogP contribution in [0.4, 0.5) is 17.1 Å². The Morgan fingerprint density at radius 3 is 2.42 bits per heavy atom. The van der Waals surface area contributed by atoms with Gasteiger partial charge in [0.05, 0.1) is 16.9 Å². The van der Waals surface area contributed by atoms with Crippen LogP contribution in [0.15, 0.2) is 93.7 Å². The lowest BCUT2D eigenvalue weighted by Crippen LogP contribution is -1.84. The standard InChI is InChI=1S/C21H15BrN4/c22-17-7-10-21(19(23)12-17)26-25-18-8-5-14(6-9-18)16-11-15-3-1-2-4-20(15)24-13-16/h1-13H,23H2. The lowest BCUT2D eigenvalue weighted by molar-refractivity contribution is 1.23. The molecule has 0 saturated heterocycles. The lowest BCUT2D eigenvalue weighted by Gasteiger charge is -2.04. The summed E-state index contributed by atoms with van der Waals surface area (Å²) in [6.45, 7) is 0. The largest absolute Gasteiger partial charge is 0.397 e. The number of nitrogens with zero attached hydrogens (tertiary/aromatic N) is 3. The number of benzene rings is 3. The van der Waals surface area contributed by atoms with Crippen molar-refractivity contribution in [2.75, 3.05) is 5.73 Å². The Morgan fingerprint density at radius 2 is 1.62 bits per heavy atom. The molecule has 5 heteroatoms. The van der Waals surface area contributed by atoms with E-state index in [9.17, 15) is 0 Å². The molecular formula is C21H15BrN4. The molecule has 0 aliphatic carbocycles. The first-order valence-electron chi connectivity index (χ1n) is 8.11. The SMILES string of the molecule is Nc1cc(Br)ccc1N=Nc1ccc(-c2cnc3ccccc3c2)cc1. The summed E-state index contributed by atoms with van der Waals surface area (Å²) >= 11 is 3.38. The smallest absolute Gasteiger partial charge is 0.109 e. The molecule has 0 aliphatic rings. The topological polar surface area (TPSA) is 63.6 Å². The van der Waals surface area contributed by atoms with Crippen molar-refractivity contribution in [3.8, 4) is 11.1 Å². The molecule has 126 valence electrons. The molecule has 0 unspecified atom stereocenters. The molecule has 4 nitrogen and oxygen atoms in total. The second-order valence-corrected chi connectivity index (χ2v) is 6.78. The summed E-state index contributed by atoms with van der Waals surface area (Å²) in [6, 6.07) is 23.7. The molecule has 4 rings (SSSR count). The minimum atomic E-state index is 0.585. The molecule has 26 heavy (non-hydrogen) atoms. The van der Waals surface area contributed by atoms with Crippen LogP contribution < -0.4 is 5.73 Å². The van der Waals surface area contributed by atoms with Crippen molar-refractivity contribution in [3.63, 3.8) is 0 Å². The van der Waals surface area contributed by atoms with Gasteiger partial charge in [-0.1, -0.05) is 46.3 Å². The molecular weight excluding hydrogens is 388 g/mol. The van der Waals surface area contributed by atoms with E-state index >= 15 is 0 Å². The van der Waals surface area contributed by atoms with Crippen LogP contribution in [0.1, 0.15) is 0 Å². The fourth-order valence-electron chi connectivity index (χ4n) is 2.68. The highest BCUT2D eigenvalue weighted by Crippen LogP contribution is 2.29. The number of azo groups is 1. The molecule has 4 aromatic rings. The number of rotatable bonds is 3. The monoisotopic (exact) mass is 402 g/mol. The number of anilines is 1. The molecule has 0 atom stereocenters. The van der Waals surface area contributed by atoms with E-state index in [1.807, 2.05) is 66.9 Å². The van der Waals surface area contributed by atoms with Crippen molar-refractivity contribution < 1.29 is 0 Å². The fraction of sp³-hybridized carbons (Fsp3) is 0. The van der Waals surface area contributed by atoms with E-state index in [2.05, 4.69) is 43.3 Å². The highest BCUT2D eigenvalue weighted by atomic mass is 79.9. The third-order valence-corrected chi connectivity index (χ3v) is 4.55. The van der Waals surface area contributed by atoms with Crippen molar-refractivity contribution >= 4 is 43.9 Å². The van der Waals surface area contributed by atoms with Gasteiger partial charge in [-0.15, -0.1) is 5.11 Å². The van der Waals surface area contributed by atoms with Gasteiger partial charge in [-0.2, -0.15) is 5.11 Å². The molecule has 0 aliphatic heterocycles. The van der Waals surface area contributed by atoms with Gasteiger partial charge in [0.2, 0.25) is 0 Å². The highest BCUT2D eigenvalue weighted by molar-refractivity contribution is 9.10. The van der Waals surface area contributed by atoms with Crippen LogP contribution in [0.25, 0.3) is 22.0 Å². The molecule has 0 radical (unpaired) electrons. The molecule has 0 fully saturated rings. The first kappa shape index (κ1) is 16.4. The van der Waals surface area contributed by atoms with Gasteiger partial charge in [-0.3, -0.25) is 4.98 Å². The number of hydrogen-bond acceptors (Lipinski definition) is 4. The number of fused-ring (bicyclic) bond motifs is 1. The number of para-hydroxylation sites is 1. The van der Waals surface area contributed by atoms with E-state index in [1.54, 1.807) is 0 Å². The van der Waals surface area contributed by atoms with Crippen molar-refractivity contribution in [1.82, 2.24) is 4.98 Å². The van der Waals surface area contributed by atoms with Crippen LogP contribution in [0.2, 0.25) is 0 Å². The number of pyridine rings is 1. The van der Waals surface area contributed by atoms with Gasteiger partial charge < -0.3 is 5.73 Å². The minimum Gasteiger partial charge on any atom is -0.397 e. The van der Waals surface area contributed by atoms with Gasteiger partial charge in [-0.05, 0) is 48.0 Å². The fourth-order valence-corrected chi connectivity index (χ4v) is 3.06. The Morgan fingerprint density at radius 1 is 0.808 bits per heavy atom. The van der Waals surface area contributed by atoms with E-state index in [0.29, 0.717) is 11.4 Å². The summed E-state index contributed by atoms with van der Waals surface area (Å²) in [4.78, 5) is 4.51. The van der Waals surface area contributed by atoms with Crippen LogP contribution in [0.3, 0.4) is 0 Å². The Hall–Kier alpha value is -3.05. The van der Waals surface area contributed by atoms with E-state index in [1.165, 1.54) is 0 Å². The molecule has 0 amide bonds. The van der Waals surface area contributed by atoms with Crippen molar-refractivity contribution in [1.29, 1.82) is 0 Å². The summed E-state index contributed by atoms with van der Waals surface area (Å²) in [6.07, 6.45) is 1.89. The first-order valence-corrected chi connectivity index (χ1v) is 8.90. The van der Waals surface area contributed by atoms with Gasteiger partial charge in [-0.25, -0.2) is 0 Å². The number of nitrogen functional groups attached to an aromatic ring is 1. The average molecular weight is 403 g/mol. The number of halogens is 1. The first-order chi connectivity index (χ1) is 12.7. The molecule has 1 heterocycles. The molecule has 0 saturated carbocycles. The van der Waals surface area contributed by atoms with E-state index in [0.717, 1.165) is 32.2 Å². The predicted octanol–water partition coefficient (Wildman–Crippen LogP) is 6.66. The Balaban J connectivity index is 1.58. The summed E-state index contributed by atoms with van der Waals surface area (Å²) in [5.74, 6) is 0.